The van der Waals surface area contributed by atoms with Gasteiger partial charge in [0, 0.05) is 12.1 Å². The first-order valence-corrected chi connectivity index (χ1v) is 9.23. The topological polar surface area (TPSA) is 25.8 Å². The molecule has 1 aromatic heterocycles. The fourth-order valence-corrected chi connectivity index (χ4v) is 1.68. The predicted molar refractivity (Wildman–Crippen MR) is 71.4 cm³/mol. The lowest BCUT2D eigenvalue weighted by molar-refractivity contribution is 0.773. The van der Waals surface area contributed by atoms with Gasteiger partial charge in [-0.15, -0.1) is 5.54 Å². The summed E-state index contributed by atoms with van der Waals surface area (Å²) in [6.45, 7) is 10.7. The van der Waals surface area contributed by atoms with Crippen molar-refractivity contribution >= 4 is 19.7 Å². The number of halogens is 1. The SMILES string of the molecule is CC(C)c1ncc(C#C[Si](C)(C)C)c(Cl)n1. The molecule has 0 N–H and O–H groups in total. The summed E-state index contributed by atoms with van der Waals surface area (Å²) in [5.74, 6) is 4.13. The van der Waals surface area contributed by atoms with E-state index in [0.717, 1.165) is 11.4 Å². The van der Waals surface area contributed by atoms with Gasteiger partial charge in [-0.25, -0.2) is 9.97 Å². The fraction of sp³-hybridized carbons (Fsp3) is 0.500. The Morgan fingerprint density at radius 1 is 1.31 bits per heavy atom. The number of hydrogen-bond donors (Lipinski definition) is 0. The molecule has 0 unspecified atom stereocenters. The van der Waals surface area contributed by atoms with Crippen LogP contribution in [0.1, 0.15) is 31.2 Å². The van der Waals surface area contributed by atoms with E-state index in [2.05, 4.69) is 41.1 Å². The van der Waals surface area contributed by atoms with Gasteiger partial charge in [0.1, 0.15) is 19.1 Å². The number of aromatic nitrogens is 2. The zero-order valence-electron chi connectivity index (χ0n) is 10.4. The third-order valence-electron chi connectivity index (χ3n) is 1.85. The van der Waals surface area contributed by atoms with Crippen LogP contribution in [0.3, 0.4) is 0 Å². The summed E-state index contributed by atoms with van der Waals surface area (Å²) < 4.78 is 0. The van der Waals surface area contributed by atoms with Gasteiger partial charge in [0.15, 0.2) is 0 Å². The first kappa shape index (κ1) is 13.2. The van der Waals surface area contributed by atoms with E-state index in [4.69, 9.17) is 11.6 Å². The van der Waals surface area contributed by atoms with Crippen molar-refractivity contribution in [2.24, 2.45) is 0 Å². The maximum absolute atomic E-state index is 6.06. The number of hydrogen-bond acceptors (Lipinski definition) is 2. The molecule has 1 heterocycles. The summed E-state index contributed by atoms with van der Waals surface area (Å²) in [5.41, 5.74) is 3.98. The van der Waals surface area contributed by atoms with Crippen LogP contribution >= 0.6 is 11.6 Å². The predicted octanol–water partition coefficient (Wildman–Crippen LogP) is 3.48. The molecule has 0 saturated carbocycles. The molecule has 0 bridgehead atoms. The highest BCUT2D eigenvalue weighted by atomic mass is 35.5. The third-order valence-corrected chi connectivity index (χ3v) is 3.01. The molecule has 0 aliphatic heterocycles. The van der Waals surface area contributed by atoms with E-state index < -0.39 is 8.07 Å². The van der Waals surface area contributed by atoms with Gasteiger partial charge in [-0.2, -0.15) is 0 Å². The van der Waals surface area contributed by atoms with Crippen LogP contribution in [-0.2, 0) is 0 Å². The third kappa shape index (κ3) is 3.95. The van der Waals surface area contributed by atoms with Gasteiger partial charge in [0.05, 0.1) is 5.56 Å². The molecule has 0 aromatic carbocycles. The van der Waals surface area contributed by atoms with Crippen molar-refractivity contribution in [1.82, 2.24) is 9.97 Å². The molecule has 1 aromatic rings. The van der Waals surface area contributed by atoms with Gasteiger partial charge < -0.3 is 0 Å². The Bertz CT molecular complexity index is 439. The smallest absolute Gasteiger partial charge is 0.148 e. The average Bonchev–Trinajstić information content (AvgIpc) is 2.14. The molecule has 0 radical (unpaired) electrons. The van der Waals surface area contributed by atoms with Gasteiger partial charge in [-0.3, -0.25) is 0 Å². The van der Waals surface area contributed by atoms with Crippen molar-refractivity contribution in [3.05, 3.63) is 22.7 Å². The van der Waals surface area contributed by atoms with E-state index in [9.17, 15) is 0 Å². The van der Waals surface area contributed by atoms with Crippen LogP contribution < -0.4 is 0 Å². The number of nitrogens with zero attached hydrogens (tertiary/aromatic N) is 2. The van der Waals surface area contributed by atoms with Crippen LogP contribution in [0.25, 0.3) is 0 Å². The molecule has 0 fully saturated rings. The minimum absolute atomic E-state index is 0.288. The Balaban J connectivity index is 3.04. The molecule has 0 amide bonds. The van der Waals surface area contributed by atoms with Crippen molar-refractivity contribution in [3.8, 4) is 11.5 Å². The Hall–Kier alpha value is -0.853. The zero-order valence-corrected chi connectivity index (χ0v) is 12.2. The summed E-state index contributed by atoms with van der Waals surface area (Å²) in [6.07, 6.45) is 1.72. The average molecular weight is 253 g/mol. The van der Waals surface area contributed by atoms with Crippen LogP contribution in [0, 0.1) is 11.5 Å². The quantitative estimate of drug-likeness (QED) is 0.435. The summed E-state index contributed by atoms with van der Waals surface area (Å²) in [7, 11) is -1.37. The summed E-state index contributed by atoms with van der Waals surface area (Å²) in [4.78, 5) is 8.50. The first-order chi connectivity index (χ1) is 7.29. The minimum Gasteiger partial charge on any atom is -0.240 e. The molecule has 86 valence electrons. The van der Waals surface area contributed by atoms with E-state index >= 15 is 0 Å². The minimum atomic E-state index is -1.37. The Morgan fingerprint density at radius 2 is 1.94 bits per heavy atom. The van der Waals surface area contributed by atoms with Gasteiger partial charge in [-0.1, -0.05) is 51.0 Å². The highest BCUT2D eigenvalue weighted by molar-refractivity contribution is 6.83. The molecular weight excluding hydrogens is 236 g/mol. The molecule has 0 spiro atoms. The molecule has 0 aliphatic carbocycles. The van der Waals surface area contributed by atoms with E-state index in [1.165, 1.54) is 0 Å². The van der Waals surface area contributed by atoms with Crippen LogP contribution in [0.4, 0.5) is 0 Å². The molecule has 2 nitrogen and oxygen atoms in total. The normalized spacial score (nSPS) is 11.2. The van der Waals surface area contributed by atoms with Crippen molar-refractivity contribution in [3.63, 3.8) is 0 Å². The van der Waals surface area contributed by atoms with E-state index in [0.29, 0.717) is 5.15 Å². The highest BCUT2D eigenvalue weighted by Crippen LogP contribution is 2.15. The molecule has 16 heavy (non-hydrogen) atoms. The lowest BCUT2D eigenvalue weighted by Crippen LogP contribution is -2.16. The fourth-order valence-electron chi connectivity index (χ4n) is 0.990. The van der Waals surface area contributed by atoms with Crippen molar-refractivity contribution < 1.29 is 0 Å². The summed E-state index contributed by atoms with van der Waals surface area (Å²) in [6, 6.07) is 0. The number of rotatable bonds is 1. The molecule has 4 heteroatoms. The van der Waals surface area contributed by atoms with Crippen LogP contribution in [-0.4, -0.2) is 18.0 Å². The maximum atomic E-state index is 6.06. The standard InChI is InChI=1S/C12H17ClN2Si/c1-9(2)12-14-8-10(11(13)15-12)6-7-16(3,4)5/h8-9H,1-5H3. The lowest BCUT2D eigenvalue weighted by atomic mass is 10.2. The second-order valence-electron chi connectivity index (χ2n) is 5.09. The van der Waals surface area contributed by atoms with Gasteiger partial charge in [0.2, 0.25) is 0 Å². The van der Waals surface area contributed by atoms with Crippen LogP contribution in [0.5, 0.6) is 0 Å². The van der Waals surface area contributed by atoms with Gasteiger partial charge in [0.25, 0.3) is 0 Å². The van der Waals surface area contributed by atoms with Crippen molar-refractivity contribution in [1.29, 1.82) is 0 Å². The maximum Gasteiger partial charge on any atom is 0.148 e. The Labute approximate surface area is 103 Å². The van der Waals surface area contributed by atoms with Crippen molar-refractivity contribution in [2.75, 3.05) is 0 Å². The molecule has 0 aliphatic rings. The Morgan fingerprint density at radius 3 is 2.38 bits per heavy atom. The first-order valence-electron chi connectivity index (χ1n) is 5.35. The summed E-state index contributed by atoms with van der Waals surface area (Å²) >= 11 is 6.06. The Kier molecular flexibility index (Phi) is 4.12. The van der Waals surface area contributed by atoms with E-state index in [1.54, 1.807) is 6.20 Å². The van der Waals surface area contributed by atoms with E-state index in [1.807, 2.05) is 13.8 Å². The van der Waals surface area contributed by atoms with Crippen molar-refractivity contribution in [2.45, 2.75) is 39.4 Å². The second kappa shape index (κ2) is 4.99. The van der Waals surface area contributed by atoms with Gasteiger partial charge >= 0.3 is 0 Å². The monoisotopic (exact) mass is 252 g/mol. The van der Waals surface area contributed by atoms with Crippen LogP contribution in [0.2, 0.25) is 24.8 Å². The second-order valence-corrected chi connectivity index (χ2v) is 10.2. The molecule has 0 atom stereocenters. The summed E-state index contributed by atoms with van der Waals surface area (Å²) in [5, 5.41) is 0.462. The van der Waals surface area contributed by atoms with E-state index in [-0.39, 0.29) is 5.92 Å². The lowest BCUT2D eigenvalue weighted by Gasteiger charge is -2.05. The van der Waals surface area contributed by atoms with Crippen LogP contribution in [0.15, 0.2) is 6.20 Å². The van der Waals surface area contributed by atoms with Gasteiger partial charge in [-0.05, 0) is 0 Å². The highest BCUT2D eigenvalue weighted by Gasteiger charge is 2.09. The zero-order chi connectivity index (χ0) is 12.3. The molecule has 0 saturated heterocycles. The largest absolute Gasteiger partial charge is 0.240 e. The molecular formula is C12H17ClN2Si. The molecule has 1 rings (SSSR count).